The van der Waals surface area contributed by atoms with Crippen LogP contribution < -0.4 is 5.32 Å². The minimum absolute atomic E-state index is 0.279. The Balaban J connectivity index is 2.38. The maximum atomic E-state index is 11.5. The Morgan fingerprint density at radius 3 is 3.06 bits per heavy atom. The molecule has 0 aliphatic carbocycles. The van der Waals surface area contributed by atoms with Gasteiger partial charge in [-0.1, -0.05) is 17.7 Å². The van der Waals surface area contributed by atoms with Gasteiger partial charge in [0.05, 0.1) is 11.1 Å². The smallest absolute Gasteiger partial charge is 0.237 e. The van der Waals surface area contributed by atoms with E-state index in [9.17, 15) is 4.79 Å². The molecule has 0 spiro atoms. The summed E-state index contributed by atoms with van der Waals surface area (Å²) < 4.78 is 0. The fraction of sp³-hybridized carbons (Fsp3) is 0.231. The van der Waals surface area contributed by atoms with Gasteiger partial charge in [-0.25, -0.2) is 0 Å². The van der Waals surface area contributed by atoms with Gasteiger partial charge in [0.2, 0.25) is 5.91 Å². The first kappa shape index (κ1) is 12.5. The molecule has 1 heterocycles. The number of nitrogens with one attached hydrogen (secondary N) is 2. The number of carbonyl (C=O) groups is 1. The van der Waals surface area contributed by atoms with Gasteiger partial charge in [-0.05, 0) is 24.1 Å². The SMILES string of the molecule is CNC(=O)[C@@H](C#N)Cc1c[nH]c2cccc(Cl)c12. The predicted molar refractivity (Wildman–Crippen MR) is 70.2 cm³/mol. The molecule has 0 saturated carbocycles. The quantitative estimate of drug-likeness (QED) is 0.890. The van der Waals surface area contributed by atoms with Gasteiger partial charge in [0.15, 0.2) is 0 Å². The summed E-state index contributed by atoms with van der Waals surface area (Å²) in [5, 5.41) is 13.0. The highest BCUT2D eigenvalue weighted by atomic mass is 35.5. The summed E-state index contributed by atoms with van der Waals surface area (Å²) in [4.78, 5) is 14.6. The summed E-state index contributed by atoms with van der Waals surface area (Å²) in [6, 6.07) is 7.56. The minimum Gasteiger partial charge on any atom is -0.361 e. The van der Waals surface area contributed by atoms with E-state index in [1.54, 1.807) is 12.3 Å². The van der Waals surface area contributed by atoms with Crippen molar-refractivity contribution < 1.29 is 4.79 Å². The highest BCUT2D eigenvalue weighted by molar-refractivity contribution is 6.35. The van der Waals surface area contributed by atoms with Crippen molar-refractivity contribution in [3.63, 3.8) is 0 Å². The van der Waals surface area contributed by atoms with Crippen LogP contribution in [0.15, 0.2) is 24.4 Å². The van der Waals surface area contributed by atoms with Crippen molar-refractivity contribution in [2.24, 2.45) is 5.92 Å². The molecule has 1 aromatic carbocycles. The van der Waals surface area contributed by atoms with E-state index in [0.717, 1.165) is 16.5 Å². The number of carbonyl (C=O) groups excluding carboxylic acids is 1. The Kier molecular flexibility index (Phi) is 3.54. The zero-order chi connectivity index (χ0) is 13.1. The Labute approximate surface area is 110 Å². The second kappa shape index (κ2) is 5.11. The van der Waals surface area contributed by atoms with Crippen LogP contribution in [0.25, 0.3) is 10.9 Å². The largest absolute Gasteiger partial charge is 0.361 e. The molecule has 92 valence electrons. The first-order valence-electron chi connectivity index (χ1n) is 5.53. The summed E-state index contributed by atoms with van der Waals surface area (Å²) >= 11 is 6.14. The first-order chi connectivity index (χ1) is 8.67. The van der Waals surface area contributed by atoms with Crippen LogP contribution in [0.1, 0.15) is 5.56 Å². The van der Waals surface area contributed by atoms with Gasteiger partial charge in [0, 0.05) is 24.1 Å². The van der Waals surface area contributed by atoms with Crippen molar-refractivity contribution in [1.29, 1.82) is 5.26 Å². The lowest BCUT2D eigenvalue weighted by Gasteiger charge is -2.06. The van der Waals surface area contributed by atoms with Crippen LogP contribution in [-0.2, 0) is 11.2 Å². The maximum Gasteiger partial charge on any atom is 0.237 e. The molecule has 0 bridgehead atoms. The zero-order valence-corrected chi connectivity index (χ0v) is 10.6. The highest BCUT2D eigenvalue weighted by Crippen LogP contribution is 2.28. The molecule has 2 N–H and O–H groups in total. The van der Waals surface area contributed by atoms with E-state index in [1.807, 2.05) is 18.2 Å². The summed E-state index contributed by atoms with van der Waals surface area (Å²) in [6.07, 6.45) is 2.14. The van der Waals surface area contributed by atoms with Crippen molar-refractivity contribution in [2.75, 3.05) is 7.05 Å². The van der Waals surface area contributed by atoms with E-state index >= 15 is 0 Å². The number of H-pyrrole nitrogens is 1. The van der Waals surface area contributed by atoms with Crippen molar-refractivity contribution >= 4 is 28.4 Å². The molecule has 0 aliphatic heterocycles. The molecule has 0 radical (unpaired) electrons. The van der Waals surface area contributed by atoms with Gasteiger partial charge >= 0.3 is 0 Å². The van der Waals surface area contributed by atoms with E-state index < -0.39 is 5.92 Å². The summed E-state index contributed by atoms with van der Waals surface area (Å²) in [6.45, 7) is 0. The number of hydrogen-bond acceptors (Lipinski definition) is 2. The first-order valence-corrected chi connectivity index (χ1v) is 5.91. The molecule has 1 aromatic heterocycles. The van der Waals surface area contributed by atoms with E-state index in [2.05, 4.69) is 10.3 Å². The zero-order valence-electron chi connectivity index (χ0n) is 9.83. The van der Waals surface area contributed by atoms with Crippen LogP contribution in [-0.4, -0.2) is 17.9 Å². The number of nitriles is 1. The van der Waals surface area contributed by atoms with E-state index in [4.69, 9.17) is 16.9 Å². The van der Waals surface area contributed by atoms with Crippen molar-refractivity contribution in [3.05, 3.63) is 35.0 Å². The monoisotopic (exact) mass is 261 g/mol. The van der Waals surface area contributed by atoms with Gasteiger partial charge in [0.25, 0.3) is 0 Å². The van der Waals surface area contributed by atoms with Gasteiger partial charge in [-0.15, -0.1) is 0 Å². The number of halogens is 1. The maximum absolute atomic E-state index is 11.5. The molecule has 0 aliphatic rings. The molecule has 18 heavy (non-hydrogen) atoms. The number of rotatable bonds is 3. The van der Waals surface area contributed by atoms with Gasteiger partial charge in [0.1, 0.15) is 5.92 Å². The van der Waals surface area contributed by atoms with Gasteiger partial charge < -0.3 is 10.3 Å². The van der Waals surface area contributed by atoms with Crippen molar-refractivity contribution in [3.8, 4) is 6.07 Å². The average Bonchev–Trinajstić information content (AvgIpc) is 2.79. The third-order valence-electron chi connectivity index (χ3n) is 2.88. The molecule has 4 nitrogen and oxygen atoms in total. The Morgan fingerprint density at radius 2 is 2.39 bits per heavy atom. The fourth-order valence-electron chi connectivity index (χ4n) is 1.96. The number of amides is 1. The second-order valence-corrected chi connectivity index (χ2v) is 4.38. The molecule has 0 unspecified atom stereocenters. The minimum atomic E-state index is -0.703. The van der Waals surface area contributed by atoms with Crippen LogP contribution in [0, 0.1) is 17.2 Å². The normalized spacial score (nSPS) is 12.1. The number of aromatic nitrogens is 1. The van der Waals surface area contributed by atoms with Gasteiger partial charge in [-0.3, -0.25) is 4.79 Å². The molecule has 2 aromatic rings. The van der Waals surface area contributed by atoms with Crippen molar-refractivity contribution in [2.45, 2.75) is 6.42 Å². The molecule has 2 rings (SSSR count). The molecular weight excluding hydrogens is 250 g/mol. The van der Waals surface area contributed by atoms with Crippen LogP contribution in [0.4, 0.5) is 0 Å². The van der Waals surface area contributed by atoms with Crippen LogP contribution in [0.2, 0.25) is 5.02 Å². The number of benzene rings is 1. The average molecular weight is 262 g/mol. The lowest BCUT2D eigenvalue weighted by molar-refractivity contribution is -0.122. The number of hydrogen-bond donors (Lipinski definition) is 2. The molecule has 0 fully saturated rings. The van der Waals surface area contributed by atoms with E-state index in [1.165, 1.54) is 7.05 Å². The lowest BCUT2D eigenvalue weighted by atomic mass is 9.99. The fourth-order valence-corrected chi connectivity index (χ4v) is 2.26. The Hall–Kier alpha value is -1.99. The standard InChI is InChI=1S/C13H12ClN3O/c1-16-13(18)8(6-15)5-9-7-17-11-4-2-3-10(14)12(9)11/h2-4,7-8,17H,5H2,1H3,(H,16,18)/t8-/m1/s1. The van der Waals surface area contributed by atoms with Crippen molar-refractivity contribution in [1.82, 2.24) is 10.3 Å². The summed E-state index contributed by atoms with van der Waals surface area (Å²) in [7, 11) is 1.52. The highest BCUT2D eigenvalue weighted by Gasteiger charge is 2.19. The van der Waals surface area contributed by atoms with Gasteiger partial charge in [-0.2, -0.15) is 5.26 Å². The lowest BCUT2D eigenvalue weighted by Crippen LogP contribution is -2.27. The predicted octanol–water partition coefficient (Wildman–Crippen LogP) is 2.25. The Bertz CT molecular complexity index is 627. The number of aromatic amines is 1. The molecule has 1 atom stereocenters. The molecular formula is C13H12ClN3O. The van der Waals surface area contributed by atoms with Crippen LogP contribution in [0.5, 0.6) is 0 Å². The van der Waals surface area contributed by atoms with Crippen LogP contribution in [0.3, 0.4) is 0 Å². The Morgan fingerprint density at radius 1 is 1.61 bits per heavy atom. The summed E-state index contributed by atoms with van der Waals surface area (Å²) in [5.74, 6) is -0.982. The number of nitrogens with zero attached hydrogens (tertiary/aromatic N) is 1. The molecule has 1 amide bonds. The molecule has 5 heteroatoms. The van der Waals surface area contributed by atoms with E-state index in [-0.39, 0.29) is 5.91 Å². The third-order valence-corrected chi connectivity index (χ3v) is 3.19. The second-order valence-electron chi connectivity index (χ2n) is 3.98. The summed E-state index contributed by atoms with van der Waals surface area (Å²) in [5.41, 5.74) is 1.79. The number of fused-ring (bicyclic) bond motifs is 1. The van der Waals surface area contributed by atoms with Crippen LogP contribution >= 0.6 is 11.6 Å². The third kappa shape index (κ3) is 2.18. The topological polar surface area (TPSA) is 68.7 Å². The van der Waals surface area contributed by atoms with E-state index in [0.29, 0.717) is 11.4 Å². The molecule has 0 saturated heterocycles.